The van der Waals surface area contributed by atoms with Crippen LogP contribution in [-0.4, -0.2) is 29.3 Å². The van der Waals surface area contributed by atoms with E-state index in [9.17, 15) is 14.0 Å². The molecule has 0 aliphatic heterocycles. The molecule has 1 amide bonds. The lowest BCUT2D eigenvalue weighted by Crippen LogP contribution is -2.32. The molecule has 0 atom stereocenters. The Morgan fingerprint density at radius 3 is 2.63 bits per heavy atom. The maximum absolute atomic E-state index is 13.2. The first-order chi connectivity index (χ1) is 13.1. The van der Waals surface area contributed by atoms with Crippen LogP contribution in [-0.2, 0) is 6.54 Å². The average Bonchev–Trinajstić information content (AvgIpc) is 2.69. The maximum atomic E-state index is 13.2. The summed E-state index contributed by atoms with van der Waals surface area (Å²) in [6.45, 7) is 0.387. The van der Waals surface area contributed by atoms with E-state index < -0.39 is 11.7 Å². The van der Waals surface area contributed by atoms with Crippen LogP contribution in [0.3, 0.4) is 0 Å². The molecule has 1 aromatic heterocycles. The van der Waals surface area contributed by atoms with Gasteiger partial charge >= 0.3 is 0 Å². The molecule has 27 heavy (non-hydrogen) atoms. The number of hydrogen-bond acceptors (Lipinski definition) is 4. The Bertz CT molecular complexity index is 1000. The highest BCUT2D eigenvalue weighted by molar-refractivity contribution is 5.94. The first-order valence-electron chi connectivity index (χ1n) is 8.33. The van der Waals surface area contributed by atoms with Gasteiger partial charge in [0.1, 0.15) is 11.6 Å². The predicted molar refractivity (Wildman–Crippen MR) is 99.2 cm³/mol. The Kier molecular flexibility index (Phi) is 5.61. The normalized spacial score (nSPS) is 10.4. The molecule has 0 saturated heterocycles. The first kappa shape index (κ1) is 18.3. The van der Waals surface area contributed by atoms with Gasteiger partial charge in [0.05, 0.1) is 19.3 Å². The second kappa shape index (κ2) is 8.27. The van der Waals surface area contributed by atoms with Crippen molar-refractivity contribution >= 4 is 5.91 Å². The number of carbonyl (C=O) groups excluding carboxylic acids is 1. The molecule has 0 bridgehead atoms. The van der Waals surface area contributed by atoms with Crippen molar-refractivity contribution in [3.8, 4) is 17.0 Å². The van der Waals surface area contributed by atoms with Crippen molar-refractivity contribution in [2.75, 3.05) is 13.7 Å². The van der Waals surface area contributed by atoms with Gasteiger partial charge in [-0.3, -0.25) is 9.59 Å². The lowest BCUT2D eigenvalue weighted by molar-refractivity contribution is 0.0951. The highest BCUT2D eigenvalue weighted by Gasteiger charge is 2.07. The second-order valence-corrected chi connectivity index (χ2v) is 5.77. The molecule has 0 aliphatic rings. The minimum Gasteiger partial charge on any atom is -0.497 e. The van der Waals surface area contributed by atoms with E-state index in [4.69, 9.17) is 4.74 Å². The van der Waals surface area contributed by atoms with Crippen molar-refractivity contribution in [2.24, 2.45) is 0 Å². The summed E-state index contributed by atoms with van der Waals surface area (Å²) in [6, 6.07) is 15.8. The third-order valence-electron chi connectivity index (χ3n) is 3.95. The largest absolute Gasteiger partial charge is 0.497 e. The topological polar surface area (TPSA) is 73.2 Å². The van der Waals surface area contributed by atoms with Gasteiger partial charge in [-0.05, 0) is 48.5 Å². The van der Waals surface area contributed by atoms with Crippen LogP contribution in [0.2, 0.25) is 0 Å². The van der Waals surface area contributed by atoms with Crippen LogP contribution in [0.5, 0.6) is 5.75 Å². The van der Waals surface area contributed by atoms with Crippen LogP contribution in [0.1, 0.15) is 10.4 Å². The summed E-state index contributed by atoms with van der Waals surface area (Å²) in [5, 5.41) is 6.99. The van der Waals surface area contributed by atoms with Gasteiger partial charge in [0.2, 0.25) is 0 Å². The van der Waals surface area contributed by atoms with Gasteiger partial charge in [0, 0.05) is 23.7 Å². The van der Waals surface area contributed by atoms with E-state index in [1.54, 1.807) is 13.2 Å². The SMILES string of the molecule is COc1ccc(-c2ccc(=O)n(CCNC(=O)c3cccc(F)c3)n2)cc1. The third-order valence-corrected chi connectivity index (χ3v) is 3.95. The number of nitrogens with zero attached hydrogens (tertiary/aromatic N) is 2. The fourth-order valence-corrected chi connectivity index (χ4v) is 2.53. The highest BCUT2D eigenvalue weighted by Crippen LogP contribution is 2.19. The number of carbonyl (C=O) groups is 1. The molecule has 3 rings (SSSR count). The Hall–Kier alpha value is -3.48. The zero-order chi connectivity index (χ0) is 19.2. The van der Waals surface area contributed by atoms with E-state index in [-0.39, 0.29) is 24.2 Å². The molecule has 138 valence electrons. The van der Waals surface area contributed by atoms with E-state index >= 15 is 0 Å². The van der Waals surface area contributed by atoms with Crippen LogP contribution < -0.4 is 15.6 Å². The quantitative estimate of drug-likeness (QED) is 0.727. The standard InChI is InChI=1S/C20H18FN3O3/c1-27-17-7-5-14(6-8-17)18-9-10-19(25)24(23-18)12-11-22-20(26)15-3-2-4-16(21)13-15/h2-10,13H,11-12H2,1H3,(H,22,26). The average molecular weight is 367 g/mol. The minimum atomic E-state index is -0.479. The van der Waals surface area contributed by atoms with Gasteiger partial charge in [0.15, 0.2) is 0 Å². The molecule has 1 heterocycles. The van der Waals surface area contributed by atoms with Crippen LogP contribution in [0.25, 0.3) is 11.3 Å². The molecular formula is C20H18FN3O3. The van der Waals surface area contributed by atoms with Gasteiger partial charge in [-0.2, -0.15) is 5.10 Å². The van der Waals surface area contributed by atoms with E-state index in [2.05, 4.69) is 10.4 Å². The molecule has 0 saturated carbocycles. The Balaban J connectivity index is 1.67. The number of hydrogen-bond donors (Lipinski definition) is 1. The zero-order valence-corrected chi connectivity index (χ0v) is 14.7. The summed E-state index contributed by atoms with van der Waals surface area (Å²) in [4.78, 5) is 24.0. The molecular weight excluding hydrogens is 349 g/mol. The van der Waals surface area contributed by atoms with Crippen LogP contribution in [0.4, 0.5) is 4.39 Å². The minimum absolute atomic E-state index is 0.189. The Morgan fingerprint density at radius 1 is 1.15 bits per heavy atom. The van der Waals surface area contributed by atoms with E-state index in [0.29, 0.717) is 5.69 Å². The molecule has 0 radical (unpaired) electrons. The summed E-state index contributed by atoms with van der Waals surface area (Å²) in [6.07, 6.45) is 0. The second-order valence-electron chi connectivity index (χ2n) is 5.77. The monoisotopic (exact) mass is 367 g/mol. The number of amides is 1. The summed E-state index contributed by atoms with van der Waals surface area (Å²) in [7, 11) is 1.59. The molecule has 0 aliphatic carbocycles. The lowest BCUT2D eigenvalue weighted by atomic mass is 10.1. The number of benzene rings is 2. The summed E-state index contributed by atoms with van der Waals surface area (Å²) >= 11 is 0. The predicted octanol–water partition coefficient (Wildman–Crippen LogP) is 2.49. The highest BCUT2D eigenvalue weighted by atomic mass is 19.1. The van der Waals surface area contributed by atoms with Crippen molar-refractivity contribution in [3.05, 3.63) is 82.4 Å². The van der Waals surface area contributed by atoms with Crippen LogP contribution >= 0.6 is 0 Å². The molecule has 0 unspecified atom stereocenters. The number of ether oxygens (including phenoxy) is 1. The number of methoxy groups -OCH3 is 1. The number of rotatable bonds is 6. The zero-order valence-electron chi connectivity index (χ0n) is 14.7. The van der Waals surface area contributed by atoms with Gasteiger partial charge in [0.25, 0.3) is 11.5 Å². The lowest BCUT2D eigenvalue weighted by Gasteiger charge is -2.09. The van der Waals surface area contributed by atoms with E-state index in [1.807, 2.05) is 24.3 Å². The van der Waals surface area contributed by atoms with Gasteiger partial charge < -0.3 is 10.1 Å². The van der Waals surface area contributed by atoms with Crippen molar-refractivity contribution in [3.63, 3.8) is 0 Å². The van der Waals surface area contributed by atoms with Gasteiger partial charge in [-0.25, -0.2) is 9.07 Å². The molecule has 1 N–H and O–H groups in total. The third kappa shape index (κ3) is 4.58. The Morgan fingerprint density at radius 2 is 1.93 bits per heavy atom. The molecule has 7 heteroatoms. The molecule has 2 aromatic carbocycles. The summed E-state index contributed by atoms with van der Waals surface area (Å²) < 4.78 is 19.6. The maximum Gasteiger partial charge on any atom is 0.266 e. The number of aromatic nitrogens is 2. The number of nitrogens with one attached hydrogen (secondary N) is 1. The number of halogens is 1. The molecule has 0 fully saturated rings. The summed E-state index contributed by atoms with van der Waals surface area (Å²) in [5.41, 5.74) is 1.43. The summed E-state index contributed by atoms with van der Waals surface area (Å²) in [5.74, 6) is -0.159. The first-order valence-corrected chi connectivity index (χ1v) is 8.33. The molecule has 0 spiro atoms. The van der Waals surface area contributed by atoms with Crippen molar-refractivity contribution in [1.29, 1.82) is 0 Å². The smallest absolute Gasteiger partial charge is 0.266 e. The molecule has 3 aromatic rings. The Labute approximate surface area is 155 Å². The van der Waals surface area contributed by atoms with E-state index in [0.717, 1.165) is 17.4 Å². The van der Waals surface area contributed by atoms with Crippen LogP contribution in [0, 0.1) is 5.82 Å². The van der Waals surface area contributed by atoms with Crippen molar-refractivity contribution in [2.45, 2.75) is 6.54 Å². The molecule has 6 nitrogen and oxygen atoms in total. The van der Waals surface area contributed by atoms with Gasteiger partial charge in [-0.15, -0.1) is 0 Å². The van der Waals surface area contributed by atoms with E-state index in [1.165, 1.54) is 28.9 Å². The van der Waals surface area contributed by atoms with Crippen molar-refractivity contribution in [1.82, 2.24) is 15.1 Å². The van der Waals surface area contributed by atoms with Gasteiger partial charge in [-0.1, -0.05) is 6.07 Å². The fraction of sp³-hybridized carbons (Fsp3) is 0.150. The fourth-order valence-electron chi connectivity index (χ4n) is 2.53. The van der Waals surface area contributed by atoms with Crippen LogP contribution in [0.15, 0.2) is 65.5 Å². The van der Waals surface area contributed by atoms with Crippen molar-refractivity contribution < 1.29 is 13.9 Å².